The Balaban J connectivity index is 1.72. The molecule has 3 heterocycles. The van der Waals surface area contributed by atoms with E-state index in [2.05, 4.69) is 4.90 Å². The van der Waals surface area contributed by atoms with Crippen LogP contribution < -0.4 is 0 Å². The monoisotopic (exact) mass is 349 g/mol. The van der Waals surface area contributed by atoms with Crippen molar-refractivity contribution in [3.05, 3.63) is 21.3 Å². The SMILES string of the molecule is O=S1(=O)CCC(N(Cc2sccc2Cl)CC2CCCO2)C1. The van der Waals surface area contributed by atoms with Crippen LogP contribution in [-0.2, 0) is 21.1 Å². The van der Waals surface area contributed by atoms with Gasteiger partial charge in [0.25, 0.3) is 0 Å². The first-order valence-corrected chi connectivity index (χ1v) is 10.4. The number of hydrogen-bond donors (Lipinski definition) is 0. The van der Waals surface area contributed by atoms with E-state index in [0.717, 1.165) is 48.9 Å². The number of ether oxygens (including phenoxy) is 1. The number of sulfone groups is 1. The van der Waals surface area contributed by atoms with Gasteiger partial charge in [-0.25, -0.2) is 8.42 Å². The standard InChI is InChI=1S/C14H20ClNO3S2/c15-13-3-6-20-14(13)9-16(8-12-2-1-5-19-12)11-4-7-21(17,18)10-11/h3,6,11-12H,1-2,4-5,7-10H2. The fourth-order valence-corrected chi connectivity index (χ4v) is 5.96. The maximum Gasteiger partial charge on any atom is 0.151 e. The lowest BCUT2D eigenvalue weighted by Gasteiger charge is -2.30. The van der Waals surface area contributed by atoms with Crippen LogP contribution in [0.3, 0.4) is 0 Å². The molecule has 0 N–H and O–H groups in total. The number of nitrogens with zero attached hydrogens (tertiary/aromatic N) is 1. The van der Waals surface area contributed by atoms with Gasteiger partial charge in [-0.3, -0.25) is 4.90 Å². The van der Waals surface area contributed by atoms with Crippen LogP contribution in [-0.4, -0.2) is 50.1 Å². The average molecular weight is 350 g/mol. The largest absolute Gasteiger partial charge is 0.377 e. The first-order chi connectivity index (χ1) is 10.0. The molecule has 2 aliphatic heterocycles. The highest BCUT2D eigenvalue weighted by Gasteiger charge is 2.34. The van der Waals surface area contributed by atoms with Gasteiger partial charge in [0.15, 0.2) is 9.84 Å². The molecule has 118 valence electrons. The minimum absolute atomic E-state index is 0.0948. The quantitative estimate of drug-likeness (QED) is 0.819. The van der Waals surface area contributed by atoms with Gasteiger partial charge < -0.3 is 4.74 Å². The molecule has 21 heavy (non-hydrogen) atoms. The van der Waals surface area contributed by atoms with Gasteiger partial charge in [0.2, 0.25) is 0 Å². The summed E-state index contributed by atoms with van der Waals surface area (Å²) >= 11 is 7.83. The number of rotatable bonds is 5. The minimum atomic E-state index is -2.88. The molecule has 0 amide bonds. The average Bonchev–Trinajstić information content (AvgIpc) is 3.12. The van der Waals surface area contributed by atoms with Crippen LogP contribution in [0.5, 0.6) is 0 Å². The zero-order valence-corrected chi connectivity index (χ0v) is 14.2. The number of halogens is 1. The number of thiophene rings is 1. The van der Waals surface area contributed by atoms with Crippen molar-refractivity contribution in [2.24, 2.45) is 0 Å². The van der Waals surface area contributed by atoms with Crippen LogP contribution in [0.25, 0.3) is 0 Å². The van der Waals surface area contributed by atoms with Gasteiger partial charge in [-0.1, -0.05) is 11.6 Å². The molecule has 2 saturated heterocycles. The van der Waals surface area contributed by atoms with Gasteiger partial charge in [-0.05, 0) is 30.7 Å². The van der Waals surface area contributed by atoms with E-state index >= 15 is 0 Å². The van der Waals surface area contributed by atoms with Gasteiger partial charge in [0.05, 0.1) is 22.6 Å². The summed E-state index contributed by atoms with van der Waals surface area (Å²) in [4.78, 5) is 3.37. The molecule has 0 bridgehead atoms. The molecular weight excluding hydrogens is 330 g/mol. The summed E-state index contributed by atoms with van der Waals surface area (Å²) in [5.41, 5.74) is 0. The van der Waals surface area contributed by atoms with Crippen LogP contribution >= 0.6 is 22.9 Å². The van der Waals surface area contributed by atoms with Gasteiger partial charge >= 0.3 is 0 Å². The molecule has 4 nitrogen and oxygen atoms in total. The highest BCUT2D eigenvalue weighted by molar-refractivity contribution is 7.91. The van der Waals surface area contributed by atoms with Crippen molar-refractivity contribution in [1.82, 2.24) is 4.90 Å². The van der Waals surface area contributed by atoms with Crippen LogP contribution in [0.1, 0.15) is 24.1 Å². The van der Waals surface area contributed by atoms with Crippen LogP contribution in [0.15, 0.2) is 11.4 Å². The molecule has 0 saturated carbocycles. The molecule has 1 aromatic heterocycles. The molecule has 7 heteroatoms. The van der Waals surface area contributed by atoms with Gasteiger partial charge in [-0.15, -0.1) is 11.3 Å². The lowest BCUT2D eigenvalue weighted by Crippen LogP contribution is -2.40. The Bertz CT molecular complexity index is 581. The van der Waals surface area contributed by atoms with E-state index in [-0.39, 0.29) is 17.9 Å². The molecule has 2 unspecified atom stereocenters. The van der Waals surface area contributed by atoms with E-state index in [1.165, 1.54) is 0 Å². The minimum Gasteiger partial charge on any atom is -0.377 e. The Kier molecular flexibility index (Phi) is 4.90. The second kappa shape index (κ2) is 6.54. The van der Waals surface area contributed by atoms with E-state index in [0.29, 0.717) is 5.75 Å². The summed E-state index contributed by atoms with van der Waals surface area (Å²) in [7, 11) is -2.88. The number of hydrogen-bond acceptors (Lipinski definition) is 5. The maximum atomic E-state index is 11.8. The molecule has 2 fully saturated rings. The van der Waals surface area contributed by atoms with E-state index in [9.17, 15) is 8.42 Å². The van der Waals surface area contributed by atoms with Crippen molar-refractivity contribution in [1.29, 1.82) is 0 Å². The Morgan fingerprint density at radius 3 is 2.86 bits per heavy atom. The summed E-state index contributed by atoms with van der Waals surface area (Å²) in [6, 6.07) is 1.99. The summed E-state index contributed by atoms with van der Waals surface area (Å²) in [5, 5.41) is 2.76. The molecule has 1 aromatic rings. The van der Waals surface area contributed by atoms with E-state index in [1.54, 1.807) is 11.3 Å². The fourth-order valence-electron chi connectivity index (χ4n) is 3.08. The van der Waals surface area contributed by atoms with Crippen molar-refractivity contribution >= 4 is 32.8 Å². The van der Waals surface area contributed by atoms with Crippen LogP contribution in [0.2, 0.25) is 5.02 Å². The zero-order valence-electron chi connectivity index (χ0n) is 11.8. The normalized spacial score (nSPS) is 28.5. The summed E-state index contributed by atoms with van der Waals surface area (Å²) in [6.07, 6.45) is 3.11. The highest BCUT2D eigenvalue weighted by Crippen LogP contribution is 2.28. The zero-order chi connectivity index (χ0) is 14.9. The molecule has 0 spiro atoms. The first kappa shape index (κ1) is 15.7. The van der Waals surface area contributed by atoms with Gasteiger partial charge in [0.1, 0.15) is 0 Å². The Hall–Kier alpha value is -0.140. The Morgan fingerprint density at radius 2 is 2.29 bits per heavy atom. The molecule has 3 rings (SSSR count). The Labute approximate surface area is 135 Å². The summed E-state index contributed by atoms with van der Waals surface area (Å²) in [6.45, 7) is 2.34. The van der Waals surface area contributed by atoms with Crippen molar-refractivity contribution in [3.63, 3.8) is 0 Å². The van der Waals surface area contributed by atoms with Gasteiger partial charge in [0, 0.05) is 30.6 Å². The third-order valence-electron chi connectivity index (χ3n) is 4.22. The third-order valence-corrected chi connectivity index (χ3v) is 7.35. The van der Waals surface area contributed by atoms with E-state index in [4.69, 9.17) is 16.3 Å². The fraction of sp³-hybridized carbons (Fsp3) is 0.714. The molecule has 0 aromatic carbocycles. The topological polar surface area (TPSA) is 46.6 Å². The predicted molar refractivity (Wildman–Crippen MR) is 85.8 cm³/mol. The van der Waals surface area contributed by atoms with Crippen molar-refractivity contribution < 1.29 is 13.2 Å². The smallest absolute Gasteiger partial charge is 0.151 e. The Morgan fingerprint density at radius 1 is 1.43 bits per heavy atom. The summed E-state index contributed by atoms with van der Waals surface area (Å²) < 4.78 is 29.3. The molecular formula is C14H20ClNO3S2. The second-order valence-corrected chi connectivity index (χ2v) is 9.45. The first-order valence-electron chi connectivity index (χ1n) is 7.31. The van der Waals surface area contributed by atoms with Crippen molar-refractivity contribution in [2.75, 3.05) is 24.7 Å². The van der Waals surface area contributed by atoms with Crippen molar-refractivity contribution in [3.8, 4) is 0 Å². The third kappa shape index (κ3) is 3.99. The molecule has 0 radical (unpaired) electrons. The maximum absolute atomic E-state index is 11.8. The lowest BCUT2D eigenvalue weighted by atomic mass is 10.1. The molecule has 2 atom stereocenters. The van der Waals surface area contributed by atoms with Crippen molar-refractivity contribution in [2.45, 2.75) is 38.0 Å². The van der Waals surface area contributed by atoms with E-state index in [1.807, 2.05) is 11.4 Å². The van der Waals surface area contributed by atoms with Crippen LogP contribution in [0.4, 0.5) is 0 Å². The lowest BCUT2D eigenvalue weighted by molar-refractivity contribution is 0.0579. The summed E-state index contributed by atoms with van der Waals surface area (Å²) in [5.74, 6) is 0.570. The van der Waals surface area contributed by atoms with Gasteiger partial charge in [-0.2, -0.15) is 0 Å². The highest BCUT2D eigenvalue weighted by atomic mass is 35.5. The molecule has 2 aliphatic rings. The van der Waals surface area contributed by atoms with E-state index < -0.39 is 9.84 Å². The predicted octanol–water partition coefficient (Wildman–Crippen LogP) is 2.57. The molecule has 0 aliphatic carbocycles. The second-order valence-electron chi connectivity index (χ2n) is 5.81. The van der Waals surface area contributed by atoms with Crippen LogP contribution in [0, 0.1) is 0 Å².